The molecule has 20 heavy (non-hydrogen) atoms. The number of methoxy groups -OCH3 is 1. The van der Waals surface area contributed by atoms with Crippen LogP contribution in [-0.4, -0.2) is 40.7 Å². The molecule has 0 aromatic heterocycles. The van der Waals surface area contributed by atoms with Crippen molar-refractivity contribution in [3.05, 3.63) is 35.4 Å². The van der Waals surface area contributed by atoms with Gasteiger partial charge in [0.05, 0.1) is 12.4 Å². The highest BCUT2D eigenvalue weighted by Gasteiger charge is 2.16. The molecule has 0 aliphatic rings. The van der Waals surface area contributed by atoms with Gasteiger partial charge in [-0.25, -0.2) is 8.42 Å². The van der Waals surface area contributed by atoms with E-state index in [1.54, 1.807) is 7.11 Å². The Balaban J connectivity index is 2.79. The van der Waals surface area contributed by atoms with Gasteiger partial charge >= 0.3 is 0 Å². The minimum Gasteiger partial charge on any atom is -0.384 e. The van der Waals surface area contributed by atoms with Gasteiger partial charge in [-0.05, 0) is 30.5 Å². The van der Waals surface area contributed by atoms with Crippen molar-refractivity contribution < 1.29 is 13.2 Å². The molecule has 114 valence electrons. The Bertz CT molecular complexity index is 482. The molecule has 1 aromatic carbocycles. The molecule has 5 heteroatoms. The molecule has 4 nitrogen and oxygen atoms in total. The van der Waals surface area contributed by atoms with E-state index in [-0.39, 0.29) is 11.8 Å². The Kier molecular flexibility index (Phi) is 7.19. The Morgan fingerprint density at radius 3 is 2.40 bits per heavy atom. The Hall–Kier alpha value is -0.910. The first kappa shape index (κ1) is 17.1. The largest absolute Gasteiger partial charge is 0.384 e. The number of benzene rings is 1. The van der Waals surface area contributed by atoms with E-state index in [0.717, 1.165) is 24.9 Å². The number of hydrogen-bond donors (Lipinski definition) is 1. The fraction of sp³-hybridized carbons (Fsp3) is 0.600. The summed E-state index contributed by atoms with van der Waals surface area (Å²) in [5, 5.41) is 3.30. The summed E-state index contributed by atoms with van der Waals surface area (Å²) >= 11 is 0. The summed E-state index contributed by atoms with van der Waals surface area (Å²) in [6.07, 6.45) is 3.13. The Morgan fingerprint density at radius 1 is 1.25 bits per heavy atom. The molecule has 1 N–H and O–H groups in total. The van der Waals surface area contributed by atoms with E-state index in [2.05, 4.69) is 12.2 Å². The molecule has 0 bridgehead atoms. The van der Waals surface area contributed by atoms with E-state index in [1.165, 1.54) is 11.8 Å². The number of nitrogens with one attached hydrogen (secondary N) is 1. The van der Waals surface area contributed by atoms with Crippen molar-refractivity contribution in [2.24, 2.45) is 0 Å². The molecule has 0 amide bonds. The molecule has 0 spiro atoms. The summed E-state index contributed by atoms with van der Waals surface area (Å²) in [5.41, 5.74) is 2.22. The van der Waals surface area contributed by atoms with E-state index in [0.29, 0.717) is 6.61 Å². The lowest BCUT2D eigenvalue weighted by molar-refractivity contribution is 0.202. The molecule has 1 aromatic rings. The molecule has 0 saturated heterocycles. The van der Waals surface area contributed by atoms with E-state index >= 15 is 0 Å². The topological polar surface area (TPSA) is 55.4 Å². The van der Waals surface area contributed by atoms with Gasteiger partial charge in [0, 0.05) is 19.4 Å². The molecule has 0 heterocycles. The molecule has 1 unspecified atom stereocenters. The van der Waals surface area contributed by atoms with Crippen LogP contribution in [0.4, 0.5) is 0 Å². The van der Waals surface area contributed by atoms with Crippen LogP contribution in [0.3, 0.4) is 0 Å². The van der Waals surface area contributed by atoms with E-state index < -0.39 is 9.84 Å². The van der Waals surface area contributed by atoms with Gasteiger partial charge in [-0.2, -0.15) is 0 Å². The number of ether oxygens (including phenoxy) is 1. The predicted octanol–water partition coefficient (Wildman–Crippen LogP) is 1.96. The molecule has 1 rings (SSSR count). The highest BCUT2D eigenvalue weighted by molar-refractivity contribution is 7.90. The van der Waals surface area contributed by atoms with Crippen LogP contribution < -0.4 is 5.32 Å². The maximum absolute atomic E-state index is 11.5. The van der Waals surface area contributed by atoms with Crippen molar-refractivity contribution in [1.29, 1.82) is 0 Å². The van der Waals surface area contributed by atoms with Crippen molar-refractivity contribution in [1.82, 2.24) is 5.32 Å². The van der Waals surface area contributed by atoms with E-state index in [1.807, 2.05) is 24.3 Å². The Morgan fingerprint density at radius 2 is 1.90 bits per heavy atom. The zero-order chi connectivity index (χ0) is 15.0. The third kappa shape index (κ3) is 6.50. The molecular weight excluding hydrogens is 274 g/mol. The highest BCUT2D eigenvalue weighted by atomic mass is 32.2. The van der Waals surface area contributed by atoms with Crippen LogP contribution >= 0.6 is 0 Å². The van der Waals surface area contributed by atoms with Crippen LogP contribution in [0.5, 0.6) is 0 Å². The summed E-state index contributed by atoms with van der Waals surface area (Å²) < 4.78 is 28.1. The second-order valence-corrected chi connectivity index (χ2v) is 7.27. The van der Waals surface area contributed by atoms with Crippen LogP contribution in [-0.2, 0) is 21.0 Å². The van der Waals surface area contributed by atoms with Crippen molar-refractivity contribution in [2.45, 2.75) is 25.8 Å². The van der Waals surface area contributed by atoms with Crippen molar-refractivity contribution in [3.8, 4) is 0 Å². The zero-order valence-electron chi connectivity index (χ0n) is 12.6. The normalized spacial score (nSPS) is 13.3. The first-order valence-corrected chi connectivity index (χ1v) is 9.01. The lowest BCUT2D eigenvalue weighted by Crippen LogP contribution is -2.28. The van der Waals surface area contributed by atoms with Crippen molar-refractivity contribution in [2.75, 3.05) is 32.3 Å². The lowest BCUT2D eigenvalue weighted by Gasteiger charge is -2.18. The summed E-state index contributed by atoms with van der Waals surface area (Å²) in [6, 6.07) is 7.95. The molecule has 0 radical (unpaired) electrons. The average Bonchev–Trinajstić information content (AvgIpc) is 2.40. The van der Waals surface area contributed by atoms with E-state index in [9.17, 15) is 8.42 Å². The monoisotopic (exact) mass is 299 g/mol. The summed E-state index contributed by atoms with van der Waals surface area (Å²) in [6.45, 7) is 3.57. The highest BCUT2D eigenvalue weighted by Crippen LogP contribution is 2.16. The summed E-state index contributed by atoms with van der Waals surface area (Å²) in [4.78, 5) is 0. The lowest BCUT2D eigenvalue weighted by atomic mass is 10.0. The fourth-order valence-corrected chi connectivity index (χ4v) is 2.95. The second-order valence-electron chi connectivity index (χ2n) is 5.08. The third-order valence-corrected chi connectivity index (χ3v) is 4.03. The van der Waals surface area contributed by atoms with Crippen molar-refractivity contribution >= 4 is 9.84 Å². The molecular formula is C15H25NO3S. The van der Waals surface area contributed by atoms with Crippen LogP contribution in [0.1, 0.15) is 30.5 Å². The van der Waals surface area contributed by atoms with Crippen LogP contribution in [0, 0.1) is 0 Å². The molecule has 1 atom stereocenters. The van der Waals surface area contributed by atoms with Gasteiger partial charge in [0.25, 0.3) is 0 Å². The van der Waals surface area contributed by atoms with Gasteiger partial charge in [-0.1, -0.05) is 31.2 Å². The van der Waals surface area contributed by atoms with E-state index in [4.69, 9.17) is 4.74 Å². The first-order chi connectivity index (χ1) is 9.46. The third-order valence-electron chi connectivity index (χ3n) is 3.09. The summed E-state index contributed by atoms with van der Waals surface area (Å²) in [7, 11) is -1.32. The average molecular weight is 299 g/mol. The van der Waals surface area contributed by atoms with Gasteiger partial charge in [-0.15, -0.1) is 0 Å². The molecule has 0 fully saturated rings. The minimum absolute atomic E-state index is 0.129. The smallest absolute Gasteiger partial charge is 0.149 e. The maximum atomic E-state index is 11.5. The molecule has 0 saturated carbocycles. The number of sulfone groups is 1. The van der Waals surface area contributed by atoms with Gasteiger partial charge in [-0.3, -0.25) is 0 Å². The summed E-state index contributed by atoms with van der Waals surface area (Å²) in [5.74, 6) is 0.129. The minimum atomic E-state index is -3.01. The van der Waals surface area contributed by atoms with Gasteiger partial charge in [0.2, 0.25) is 0 Å². The Labute approximate surface area is 122 Å². The number of hydrogen-bond acceptors (Lipinski definition) is 4. The fourth-order valence-electron chi connectivity index (χ4n) is 2.03. The molecule has 0 aliphatic heterocycles. The van der Waals surface area contributed by atoms with Crippen LogP contribution in [0.2, 0.25) is 0 Å². The number of rotatable bonds is 9. The predicted molar refractivity (Wildman–Crippen MR) is 82.8 cm³/mol. The van der Waals surface area contributed by atoms with Gasteiger partial charge in [0.15, 0.2) is 0 Å². The van der Waals surface area contributed by atoms with Crippen LogP contribution in [0.15, 0.2) is 24.3 Å². The first-order valence-electron chi connectivity index (χ1n) is 6.95. The second kappa shape index (κ2) is 8.39. The van der Waals surface area contributed by atoms with Gasteiger partial charge < -0.3 is 10.1 Å². The maximum Gasteiger partial charge on any atom is 0.149 e. The quantitative estimate of drug-likeness (QED) is 0.757. The van der Waals surface area contributed by atoms with Crippen molar-refractivity contribution in [3.63, 3.8) is 0 Å². The zero-order valence-corrected chi connectivity index (χ0v) is 13.4. The molecule has 0 aliphatic carbocycles. The SMILES string of the molecule is CCCNC(CS(C)(=O)=O)c1ccc(CCOC)cc1. The van der Waals surface area contributed by atoms with Crippen LogP contribution in [0.25, 0.3) is 0 Å². The standard InChI is InChI=1S/C15H25NO3S/c1-4-10-16-15(12-20(3,17)18)14-7-5-13(6-8-14)9-11-19-2/h5-8,15-16H,4,9-12H2,1-3H3. The van der Waals surface area contributed by atoms with Gasteiger partial charge in [0.1, 0.15) is 9.84 Å².